The quantitative estimate of drug-likeness (QED) is 0.226. The summed E-state index contributed by atoms with van der Waals surface area (Å²) < 4.78 is 27.1. The second-order valence-electron chi connectivity index (χ2n) is 12.1. The van der Waals surface area contributed by atoms with E-state index in [2.05, 4.69) is 10.6 Å². The van der Waals surface area contributed by atoms with Crippen LogP contribution in [0.5, 0.6) is 0 Å². The van der Waals surface area contributed by atoms with E-state index >= 15 is 0 Å². The van der Waals surface area contributed by atoms with Crippen LogP contribution in [0.3, 0.4) is 0 Å². The first-order chi connectivity index (χ1) is 23.1. The van der Waals surface area contributed by atoms with Crippen molar-refractivity contribution in [3.05, 3.63) is 71.3 Å². The van der Waals surface area contributed by atoms with Crippen molar-refractivity contribution < 1.29 is 42.9 Å². The topological polar surface area (TPSA) is 145 Å². The molecule has 0 bridgehead atoms. The minimum Gasteiger partial charge on any atom is -0.445 e. The van der Waals surface area contributed by atoms with Gasteiger partial charge in [0.15, 0.2) is 0 Å². The summed E-state index contributed by atoms with van der Waals surface area (Å²) in [4.78, 5) is 52.7. The normalized spacial score (nSPS) is 13.1. The van der Waals surface area contributed by atoms with Crippen molar-refractivity contribution >= 4 is 24.0 Å². The molecular weight excluding hydrogens is 620 g/mol. The zero-order valence-electron chi connectivity index (χ0n) is 28.4. The Balaban J connectivity index is 1.13. The Morgan fingerprint density at radius 1 is 0.667 bits per heavy atom. The number of carbonyl (C=O) groups is 4. The highest BCUT2D eigenvalue weighted by Gasteiger charge is 2.28. The van der Waals surface area contributed by atoms with Gasteiger partial charge in [-0.2, -0.15) is 0 Å². The Labute approximate surface area is 283 Å². The smallest absolute Gasteiger partial charge is 0.410 e. The summed E-state index contributed by atoms with van der Waals surface area (Å²) in [5.74, 6) is -0.357. The van der Waals surface area contributed by atoms with E-state index in [1.54, 1.807) is 34.1 Å². The predicted molar refractivity (Wildman–Crippen MR) is 179 cm³/mol. The fraction of sp³-hybridized carbons (Fsp3) is 0.543. The standard InChI is InChI=1S/C35H50N4O9/c1-35(2,3)48-34(43)39-19-17-38(18-20-39)32(41)30-13-11-29(12-14-30)31(40)36-15-7-21-44-23-25-46-26-24-45-22-8-16-37-33(42)47-27-28-9-5-4-6-10-28/h4-6,9-14H,7-8,15-27H2,1-3H3,(H,36,40)(H,37,42). The molecule has 1 saturated heterocycles. The van der Waals surface area contributed by atoms with Gasteiger partial charge in [-0.05, 0) is 63.4 Å². The Hall–Kier alpha value is -4.20. The van der Waals surface area contributed by atoms with E-state index in [4.69, 9.17) is 23.7 Å². The lowest BCUT2D eigenvalue weighted by Crippen LogP contribution is -2.51. The van der Waals surface area contributed by atoms with Gasteiger partial charge in [0.1, 0.15) is 12.2 Å². The minimum atomic E-state index is -0.565. The lowest BCUT2D eigenvalue weighted by atomic mass is 10.1. The van der Waals surface area contributed by atoms with Crippen LogP contribution < -0.4 is 10.6 Å². The van der Waals surface area contributed by atoms with Crippen LogP contribution in [-0.2, 0) is 30.3 Å². The Kier molecular flexibility index (Phi) is 16.7. The lowest BCUT2D eigenvalue weighted by Gasteiger charge is -2.35. The summed E-state index contributed by atoms with van der Waals surface area (Å²) >= 11 is 0. The van der Waals surface area contributed by atoms with Crippen LogP contribution in [0, 0.1) is 0 Å². The number of alkyl carbamates (subject to hydrolysis) is 1. The molecule has 4 amide bonds. The van der Waals surface area contributed by atoms with Crippen molar-refractivity contribution in [3.63, 3.8) is 0 Å². The van der Waals surface area contributed by atoms with Crippen molar-refractivity contribution in [1.82, 2.24) is 20.4 Å². The van der Waals surface area contributed by atoms with Gasteiger partial charge in [-0.1, -0.05) is 30.3 Å². The summed E-state index contributed by atoms with van der Waals surface area (Å²) in [5.41, 5.74) is 1.33. The summed E-state index contributed by atoms with van der Waals surface area (Å²) in [5, 5.41) is 5.55. The molecule has 1 aliphatic rings. The molecule has 0 unspecified atom stereocenters. The number of hydrogen-bond acceptors (Lipinski definition) is 9. The maximum Gasteiger partial charge on any atom is 0.410 e. The van der Waals surface area contributed by atoms with Gasteiger partial charge in [-0.25, -0.2) is 9.59 Å². The first-order valence-corrected chi connectivity index (χ1v) is 16.5. The summed E-state index contributed by atoms with van der Waals surface area (Å²) in [6.07, 6.45) is 0.495. The third-order valence-corrected chi connectivity index (χ3v) is 7.06. The predicted octanol–water partition coefficient (Wildman–Crippen LogP) is 3.87. The average molecular weight is 671 g/mol. The molecule has 0 aromatic heterocycles. The Morgan fingerprint density at radius 2 is 1.19 bits per heavy atom. The summed E-state index contributed by atoms with van der Waals surface area (Å²) in [7, 11) is 0. The molecule has 2 N–H and O–H groups in total. The van der Waals surface area contributed by atoms with Crippen molar-refractivity contribution in [2.45, 2.75) is 45.8 Å². The molecule has 13 heteroatoms. The molecule has 1 fully saturated rings. The maximum absolute atomic E-state index is 12.9. The highest BCUT2D eigenvalue weighted by Crippen LogP contribution is 2.14. The van der Waals surface area contributed by atoms with Gasteiger partial charge in [-0.3, -0.25) is 9.59 Å². The third-order valence-electron chi connectivity index (χ3n) is 7.06. The molecule has 1 aliphatic heterocycles. The van der Waals surface area contributed by atoms with E-state index in [-0.39, 0.29) is 24.5 Å². The monoisotopic (exact) mass is 670 g/mol. The van der Waals surface area contributed by atoms with Crippen LogP contribution in [0.1, 0.15) is 59.9 Å². The second-order valence-corrected chi connectivity index (χ2v) is 12.1. The minimum absolute atomic E-state index is 0.136. The molecule has 264 valence electrons. The molecule has 13 nitrogen and oxygen atoms in total. The molecular formula is C35H50N4O9. The largest absolute Gasteiger partial charge is 0.445 e. The molecule has 2 aromatic rings. The average Bonchev–Trinajstić information content (AvgIpc) is 3.08. The summed E-state index contributed by atoms with van der Waals surface area (Å²) in [6.45, 7) is 11.0. The van der Waals surface area contributed by atoms with Gasteiger partial charge >= 0.3 is 12.2 Å². The molecule has 0 atom stereocenters. The SMILES string of the molecule is CC(C)(C)OC(=O)N1CCN(C(=O)c2ccc(C(=O)NCCCOCCOCCOCCCNC(=O)OCc3ccccc3)cc2)CC1. The zero-order chi connectivity index (χ0) is 34.6. The van der Waals surface area contributed by atoms with E-state index in [0.29, 0.717) is 103 Å². The van der Waals surface area contributed by atoms with E-state index in [9.17, 15) is 19.2 Å². The van der Waals surface area contributed by atoms with Gasteiger partial charge < -0.3 is 44.1 Å². The molecule has 0 saturated carbocycles. The number of nitrogens with one attached hydrogen (secondary N) is 2. The number of hydrogen-bond donors (Lipinski definition) is 2. The van der Waals surface area contributed by atoms with Crippen molar-refractivity contribution in [3.8, 4) is 0 Å². The van der Waals surface area contributed by atoms with Crippen molar-refractivity contribution in [2.24, 2.45) is 0 Å². The molecule has 48 heavy (non-hydrogen) atoms. The van der Waals surface area contributed by atoms with Gasteiger partial charge in [0.2, 0.25) is 0 Å². The number of benzene rings is 2. The van der Waals surface area contributed by atoms with Crippen molar-refractivity contribution in [2.75, 3.05) is 78.9 Å². The third kappa shape index (κ3) is 15.1. The molecule has 0 spiro atoms. The Bertz CT molecular complexity index is 1260. The van der Waals surface area contributed by atoms with E-state index in [1.807, 2.05) is 51.1 Å². The number of rotatable bonds is 18. The number of piperazine rings is 1. The van der Waals surface area contributed by atoms with Gasteiger partial charge in [-0.15, -0.1) is 0 Å². The van der Waals surface area contributed by atoms with Crippen LogP contribution in [-0.4, -0.2) is 118 Å². The fourth-order valence-corrected chi connectivity index (χ4v) is 4.52. The summed E-state index contributed by atoms with van der Waals surface area (Å²) in [6, 6.07) is 16.1. The highest BCUT2D eigenvalue weighted by atomic mass is 16.6. The Morgan fingerprint density at radius 3 is 1.77 bits per heavy atom. The van der Waals surface area contributed by atoms with Gasteiger partial charge in [0, 0.05) is 63.6 Å². The van der Waals surface area contributed by atoms with Crippen LogP contribution in [0.4, 0.5) is 9.59 Å². The molecule has 2 aromatic carbocycles. The van der Waals surface area contributed by atoms with E-state index in [0.717, 1.165) is 5.56 Å². The highest BCUT2D eigenvalue weighted by molar-refractivity contribution is 5.97. The first-order valence-electron chi connectivity index (χ1n) is 16.5. The van der Waals surface area contributed by atoms with Gasteiger partial charge in [0.25, 0.3) is 11.8 Å². The maximum atomic E-state index is 12.9. The molecule has 0 radical (unpaired) electrons. The second kappa shape index (κ2) is 20.9. The van der Waals surface area contributed by atoms with E-state index < -0.39 is 11.7 Å². The number of nitrogens with zero attached hydrogens (tertiary/aromatic N) is 2. The van der Waals surface area contributed by atoms with Gasteiger partial charge in [0.05, 0.1) is 26.4 Å². The fourth-order valence-electron chi connectivity index (χ4n) is 4.52. The molecule has 0 aliphatic carbocycles. The van der Waals surface area contributed by atoms with Crippen LogP contribution >= 0.6 is 0 Å². The van der Waals surface area contributed by atoms with Crippen LogP contribution in [0.25, 0.3) is 0 Å². The number of carbonyl (C=O) groups excluding carboxylic acids is 4. The molecule has 1 heterocycles. The lowest BCUT2D eigenvalue weighted by molar-refractivity contribution is 0.0138. The van der Waals surface area contributed by atoms with Crippen LogP contribution in [0.2, 0.25) is 0 Å². The zero-order valence-corrected chi connectivity index (χ0v) is 28.4. The number of ether oxygens (including phenoxy) is 5. The number of amides is 4. The first kappa shape index (κ1) is 38.2. The molecule has 3 rings (SSSR count). The van der Waals surface area contributed by atoms with E-state index in [1.165, 1.54) is 0 Å². The van der Waals surface area contributed by atoms with Crippen LogP contribution in [0.15, 0.2) is 54.6 Å². The van der Waals surface area contributed by atoms with Crippen molar-refractivity contribution in [1.29, 1.82) is 0 Å².